The van der Waals surface area contributed by atoms with Gasteiger partial charge in [-0.1, -0.05) is 92.2 Å². The molecular weight excluding hydrogens is 370 g/mol. The van der Waals surface area contributed by atoms with Gasteiger partial charge < -0.3 is 0 Å². The van der Waals surface area contributed by atoms with Gasteiger partial charge in [-0.25, -0.2) is 0 Å². The molecule has 128 valence electrons. The van der Waals surface area contributed by atoms with Crippen LogP contribution in [0.3, 0.4) is 0 Å². The molecule has 3 aromatic carbocycles. The largest absolute Gasteiger partial charge is 0.192 e. The van der Waals surface area contributed by atoms with Crippen LogP contribution in [0, 0.1) is 11.3 Å². The smallest absolute Gasteiger partial charge is 0.0991 e. The lowest BCUT2D eigenvalue weighted by atomic mass is 10.0. The molecule has 0 saturated heterocycles. The molecule has 3 rings (SSSR count). The fourth-order valence-corrected chi connectivity index (χ4v) is 2.86. The van der Waals surface area contributed by atoms with Crippen molar-refractivity contribution in [1.29, 1.82) is 5.26 Å². The number of nitriles is 1. The predicted molar refractivity (Wildman–Crippen MR) is 114 cm³/mol. The van der Waals surface area contributed by atoms with Crippen molar-refractivity contribution in [3.63, 3.8) is 0 Å². The van der Waals surface area contributed by atoms with Gasteiger partial charge in [-0.3, -0.25) is 0 Å². The average molecular weight is 394 g/mol. The molecule has 0 atom stereocenters. The van der Waals surface area contributed by atoms with Gasteiger partial charge in [0, 0.05) is 4.47 Å². The SMILES string of the molecule is CC.CC.N#Cc1ccc2cc(/C=C/c3ccccc3)cc(Br)c2c1. The van der Waals surface area contributed by atoms with E-state index in [2.05, 4.69) is 58.4 Å². The third-order valence-corrected chi connectivity index (χ3v) is 3.98. The Morgan fingerprint density at radius 3 is 2.08 bits per heavy atom. The second-order valence-electron chi connectivity index (χ2n) is 4.79. The normalized spacial score (nSPS) is 9.60. The van der Waals surface area contributed by atoms with E-state index in [4.69, 9.17) is 5.26 Å². The number of nitrogens with zero attached hydrogens (tertiary/aromatic N) is 1. The second-order valence-corrected chi connectivity index (χ2v) is 5.65. The Morgan fingerprint density at radius 1 is 0.800 bits per heavy atom. The fourth-order valence-electron chi connectivity index (χ4n) is 2.26. The molecule has 1 nitrogen and oxygen atoms in total. The van der Waals surface area contributed by atoms with Gasteiger partial charge in [0.05, 0.1) is 11.6 Å². The van der Waals surface area contributed by atoms with Crippen molar-refractivity contribution in [1.82, 2.24) is 0 Å². The monoisotopic (exact) mass is 393 g/mol. The molecule has 0 heterocycles. The van der Waals surface area contributed by atoms with Gasteiger partial charge in [-0.2, -0.15) is 5.26 Å². The lowest BCUT2D eigenvalue weighted by Crippen LogP contribution is -1.81. The van der Waals surface area contributed by atoms with Crippen molar-refractivity contribution in [2.45, 2.75) is 27.7 Å². The molecule has 0 radical (unpaired) electrons. The summed E-state index contributed by atoms with van der Waals surface area (Å²) in [6.07, 6.45) is 4.19. The summed E-state index contributed by atoms with van der Waals surface area (Å²) in [6.45, 7) is 8.00. The minimum absolute atomic E-state index is 0.677. The molecule has 0 aliphatic carbocycles. The average Bonchev–Trinajstić information content (AvgIpc) is 2.70. The Morgan fingerprint density at radius 2 is 1.44 bits per heavy atom. The minimum Gasteiger partial charge on any atom is -0.192 e. The number of hydrogen-bond acceptors (Lipinski definition) is 1. The van der Waals surface area contributed by atoms with Crippen molar-refractivity contribution < 1.29 is 0 Å². The van der Waals surface area contributed by atoms with Crippen LogP contribution in [0.25, 0.3) is 22.9 Å². The van der Waals surface area contributed by atoms with E-state index in [-0.39, 0.29) is 0 Å². The number of benzene rings is 3. The summed E-state index contributed by atoms with van der Waals surface area (Å²) in [4.78, 5) is 0. The first-order valence-corrected chi connectivity index (χ1v) is 9.42. The summed E-state index contributed by atoms with van der Waals surface area (Å²) in [6, 6.07) is 22.3. The first-order chi connectivity index (χ1) is 12.3. The van der Waals surface area contributed by atoms with E-state index >= 15 is 0 Å². The molecule has 0 amide bonds. The summed E-state index contributed by atoms with van der Waals surface area (Å²) in [5.74, 6) is 0. The van der Waals surface area contributed by atoms with Crippen molar-refractivity contribution in [3.05, 3.63) is 81.8 Å². The van der Waals surface area contributed by atoms with Gasteiger partial charge in [0.2, 0.25) is 0 Å². The van der Waals surface area contributed by atoms with E-state index in [1.165, 1.54) is 5.56 Å². The van der Waals surface area contributed by atoms with Gasteiger partial charge in [0.15, 0.2) is 0 Å². The van der Waals surface area contributed by atoms with Crippen molar-refractivity contribution in [2.24, 2.45) is 0 Å². The fraction of sp³-hybridized carbons (Fsp3) is 0.174. The first-order valence-electron chi connectivity index (χ1n) is 8.63. The van der Waals surface area contributed by atoms with Crippen LogP contribution < -0.4 is 0 Å². The minimum atomic E-state index is 0.677. The Hall–Kier alpha value is -2.37. The molecule has 2 heteroatoms. The molecule has 0 unspecified atom stereocenters. The van der Waals surface area contributed by atoms with Crippen LogP contribution in [0.5, 0.6) is 0 Å². The highest BCUT2D eigenvalue weighted by Gasteiger charge is 2.02. The maximum absolute atomic E-state index is 8.98. The Kier molecular flexibility index (Phi) is 9.29. The van der Waals surface area contributed by atoms with Gasteiger partial charge in [-0.05, 0) is 46.2 Å². The van der Waals surface area contributed by atoms with Gasteiger partial charge in [0.1, 0.15) is 0 Å². The number of halogens is 1. The van der Waals surface area contributed by atoms with Crippen LogP contribution >= 0.6 is 15.9 Å². The Bertz CT molecular complexity index is 858. The number of rotatable bonds is 2. The number of hydrogen-bond donors (Lipinski definition) is 0. The summed E-state index contributed by atoms with van der Waals surface area (Å²) >= 11 is 3.59. The van der Waals surface area contributed by atoms with E-state index in [1.54, 1.807) is 0 Å². The summed E-state index contributed by atoms with van der Waals surface area (Å²) in [5, 5.41) is 11.2. The molecule has 0 spiro atoms. The molecule has 0 bridgehead atoms. The van der Waals surface area contributed by atoms with Gasteiger partial charge in [0.25, 0.3) is 0 Å². The predicted octanol–water partition coefficient (Wildman–Crippen LogP) is 7.70. The highest BCUT2D eigenvalue weighted by molar-refractivity contribution is 9.10. The van der Waals surface area contributed by atoms with E-state index in [9.17, 15) is 0 Å². The molecule has 0 N–H and O–H groups in total. The second kappa shape index (κ2) is 11.2. The molecular formula is C23H24BrN. The zero-order valence-corrected chi connectivity index (χ0v) is 16.8. The highest BCUT2D eigenvalue weighted by Crippen LogP contribution is 2.27. The maximum Gasteiger partial charge on any atom is 0.0991 e. The van der Waals surface area contributed by atoms with E-state index in [1.807, 2.05) is 64.1 Å². The van der Waals surface area contributed by atoms with Gasteiger partial charge in [-0.15, -0.1) is 0 Å². The van der Waals surface area contributed by atoms with Crippen molar-refractivity contribution >= 4 is 38.9 Å². The van der Waals surface area contributed by atoms with Crippen LogP contribution in [-0.2, 0) is 0 Å². The molecule has 0 saturated carbocycles. The van der Waals surface area contributed by atoms with Gasteiger partial charge >= 0.3 is 0 Å². The molecule has 3 aromatic rings. The highest BCUT2D eigenvalue weighted by atomic mass is 79.9. The quantitative estimate of drug-likeness (QED) is 0.409. The van der Waals surface area contributed by atoms with Crippen molar-refractivity contribution in [3.8, 4) is 6.07 Å². The number of fused-ring (bicyclic) bond motifs is 1. The van der Waals surface area contributed by atoms with Crippen molar-refractivity contribution in [2.75, 3.05) is 0 Å². The Balaban J connectivity index is 0.000000730. The molecule has 0 fully saturated rings. The molecule has 0 aliphatic heterocycles. The van der Waals surface area contributed by atoms with Crippen LogP contribution in [-0.4, -0.2) is 0 Å². The van der Waals surface area contributed by atoms with Crippen LogP contribution in [0.15, 0.2) is 65.1 Å². The summed E-state index contributed by atoms with van der Waals surface area (Å²) < 4.78 is 1.00. The lowest BCUT2D eigenvalue weighted by Gasteiger charge is -2.04. The standard InChI is InChI=1S/C19H12BrN.2C2H6/c20-19-12-15(7-6-14-4-2-1-3-5-14)10-17-9-8-16(13-21)11-18(17)19;2*1-2/h1-12H;2*1-2H3/b7-6+;;. The third kappa shape index (κ3) is 5.89. The first kappa shape index (κ1) is 20.7. The maximum atomic E-state index is 8.98. The van der Waals surface area contributed by atoms with Crippen LogP contribution in [0.1, 0.15) is 44.4 Å². The molecule has 25 heavy (non-hydrogen) atoms. The summed E-state index contributed by atoms with van der Waals surface area (Å²) in [7, 11) is 0. The lowest BCUT2D eigenvalue weighted by molar-refractivity contribution is 1.49. The van der Waals surface area contributed by atoms with Crippen LogP contribution in [0.2, 0.25) is 0 Å². The zero-order valence-electron chi connectivity index (χ0n) is 15.3. The molecule has 0 aromatic heterocycles. The molecule has 0 aliphatic rings. The van der Waals surface area contributed by atoms with E-state index in [0.717, 1.165) is 20.8 Å². The van der Waals surface area contributed by atoms with Crippen LogP contribution in [0.4, 0.5) is 0 Å². The van der Waals surface area contributed by atoms with E-state index < -0.39 is 0 Å². The third-order valence-electron chi connectivity index (χ3n) is 3.32. The van der Waals surface area contributed by atoms with E-state index in [0.29, 0.717) is 5.56 Å². The Labute approximate surface area is 159 Å². The topological polar surface area (TPSA) is 23.8 Å². The summed E-state index contributed by atoms with van der Waals surface area (Å²) in [5.41, 5.74) is 2.98. The zero-order chi connectivity index (χ0) is 18.7.